The molecular weight excluding hydrogens is 466 g/mol. The lowest BCUT2D eigenvalue weighted by Gasteiger charge is -2.19. The van der Waals surface area contributed by atoms with Gasteiger partial charge in [-0.25, -0.2) is 9.97 Å². The molecule has 5 N–H and O–H groups in total. The summed E-state index contributed by atoms with van der Waals surface area (Å²) in [6.45, 7) is 4.34. The first-order valence-corrected chi connectivity index (χ1v) is 12.6. The number of hydrogen-bond acceptors (Lipinski definition) is 8. The molecule has 1 fully saturated rings. The van der Waals surface area contributed by atoms with E-state index < -0.39 is 0 Å². The number of nitrogens with two attached hydrogens (primary N) is 1. The van der Waals surface area contributed by atoms with Gasteiger partial charge < -0.3 is 26.3 Å². The molecule has 4 aromatic rings. The molecule has 1 saturated heterocycles. The number of nitrogen functional groups attached to an aromatic ring is 1. The van der Waals surface area contributed by atoms with E-state index in [2.05, 4.69) is 59.0 Å². The maximum absolute atomic E-state index is 5.93. The predicted molar refractivity (Wildman–Crippen MR) is 142 cm³/mol. The molecule has 1 aliphatic heterocycles. The average molecular weight is 494 g/mol. The fourth-order valence-corrected chi connectivity index (χ4v) is 4.92. The number of pyridine rings is 1. The lowest BCUT2D eigenvalue weighted by atomic mass is 10.3. The van der Waals surface area contributed by atoms with Crippen LogP contribution in [0.1, 0.15) is 12.1 Å². The highest BCUT2D eigenvalue weighted by Crippen LogP contribution is 2.23. The molecule has 9 nitrogen and oxygen atoms in total. The zero-order valence-electron chi connectivity index (χ0n) is 18.6. The Balaban J connectivity index is 1.15. The van der Waals surface area contributed by atoms with Crippen molar-refractivity contribution in [1.82, 2.24) is 29.7 Å². The van der Waals surface area contributed by atoms with E-state index in [0.29, 0.717) is 29.1 Å². The summed E-state index contributed by atoms with van der Waals surface area (Å²) in [5, 5.41) is 12.7. The first-order valence-electron chi connectivity index (χ1n) is 11.2. The molecule has 0 spiro atoms. The topological polar surface area (TPSA) is 109 Å². The number of likely N-dealkylation sites (tertiary alicyclic amines) is 1. The van der Waals surface area contributed by atoms with Crippen molar-refractivity contribution in [1.29, 1.82) is 0 Å². The van der Waals surface area contributed by atoms with Gasteiger partial charge in [0, 0.05) is 43.8 Å². The van der Waals surface area contributed by atoms with Crippen LogP contribution >= 0.6 is 23.6 Å². The maximum Gasteiger partial charge on any atom is 0.204 e. The molecule has 5 rings (SSSR count). The first kappa shape index (κ1) is 22.5. The molecule has 0 saturated carbocycles. The Kier molecular flexibility index (Phi) is 6.84. The smallest absolute Gasteiger partial charge is 0.204 e. The standard InChI is InChI=1S/C23H27N9S2/c24-18-5-7-25-11-20(18)30-23(33)26-8-10-31-9-6-16(12-31)28-22-29-19-3-1-2-4-21(19)32(22)13-17-14-34-15-27-17/h1-5,7,11,14-16H,6,8-10,12-13H2,(H2,24,25)(H,28,29)(H2,26,30,33). The third-order valence-electron chi connectivity index (χ3n) is 5.88. The second-order valence-electron chi connectivity index (χ2n) is 8.26. The molecule has 0 bridgehead atoms. The molecule has 1 atom stereocenters. The minimum Gasteiger partial charge on any atom is -0.397 e. The third-order valence-corrected chi connectivity index (χ3v) is 6.76. The molecule has 0 radical (unpaired) electrons. The summed E-state index contributed by atoms with van der Waals surface area (Å²) in [5.74, 6) is 0.901. The van der Waals surface area contributed by atoms with Crippen molar-refractivity contribution in [3.05, 3.63) is 59.3 Å². The number of fused-ring (bicyclic) bond motifs is 1. The molecule has 1 aromatic carbocycles. The summed E-state index contributed by atoms with van der Waals surface area (Å²) in [7, 11) is 0. The highest BCUT2D eigenvalue weighted by Gasteiger charge is 2.24. The van der Waals surface area contributed by atoms with Crippen molar-refractivity contribution >= 4 is 57.0 Å². The van der Waals surface area contributed by atoms with Gasteiger partial charge in [0.1, 0.15) is 0 Å². The highest BCUT2D eigenvalue weighted by atomic mass is 32.1. The Morgan fingerprint density at radius 3 is 3.03 bits per heavy atom. The summed E-state index contributed by atoms with van der Waals surface area (Å²) in [4.78, 5) is 15.8. The van der Waals surface area contributed by atoms with E-state index in [-0.39, 0.29) is 0 Å². The van der Waals surface area contributed by atoms with E-state index in [1.165, 1.54) is 0 Å². The van der Waals surface area contributed by atoms with E-state index in [4.69, 9.17) is 22.9 Å². The summed E-state index contributed by atoms with van der Waals surface area (Å²) < 4.78 is 2.23. The molecule has 4 heterocycles. The van der Waals surface area contributed by atoms with Gasteiger partial charge in [-0.2, -0.15) is 0 Å². The number of rotatable bonds is 8. The Bertz CT molecular complexity index is 1250. The van der Waals surface area contributed by atoms with Crippen LogP contribution in [0.2, 0.25) is 0 Å². The van der Waals surface area contributed by atoms with Crippen LogP contribution < -0.4 is 21.7 Å². The Hall–Kier alpha value is -3.28. The number of para-hydroxylation sites is 2. The van der Waals surface area contributed by atoms with E-state index >= 15 is 0 Å². The van der Waals surface area contributed by atoms with Crippen LogP contribution in [0.3, 0.4) is 0 Å². The molecule has 11 heteroatoms. The number of nitrogens with one attached hydrogen (secondary N) is 3. The Morgan fingerprint density at radius 1 is 1.26 bits per heavy atom. The van der Waals surface area contributed by atoms with Gasteiger partial charge in [0.15, 0.2) is 5.11 Å². The number of nitrogens with zero attached hydrogens (tertiary/aromatic N) is 5. The van der Waals surface area contributed by atoms with Gasteiger partial charge in [-0.1, -0.05) is 12.1 Å². The number of imidazole rings is 1. The largest absolute Gasteiger partial charge is 0.397 e. The first-order chi connectivity index (χ1) is 16.7. The average Bonchev–Trinajstić information content (AvgIpc) is 3.58. The van der Waals surface area contributed by atoms with Gasteiger partial charge in [-0.3, -0.25) is 9.88 Å². The molecular formula is C23H27N9S2. The molecule has 3 aromatic heterocycles. The van der Waals surface area contributed by atoms with Gasteiger partial charge in [0.2, 0.25) is 5.95 Å². The third kappa shape index (κ3) is 5.27. The molecule has 34 heavy (non-hydrogen) atoms. The van der Waals surface area contributed by atoms with Gasteiger partial charge in [-0.05, 0) is 36.8 Å². The second kappa shape index (κ2) is 10.3. The van der Waals surface area contributed by atoms with Crippen LogP contribution in [-0.2, 0) is 6.54 Å². The van der Waals surface area contributed by atoms with Gasteiger partial charge in [0.05, 0.1) is 46.4 Å². The van der Waals surface area contributed by atoms with Crippen molar-refractivity contribution in [3.8, 4) is 0 Å². The quantitative estimate of drug-likeness (QED) is 0.275. The van der Waals surface area contributed by atoms with Crippen LogP contribution in [0, 0.1) is 0 Å². The molecule has 0 aliphatic carbocycles. The Labute approximate surface area is 207 Å². The molecule has 0 amide bonds. The van der Waals surface area contributed by atoms with Crippen molar-refractivity contribution in [2.75, 3.05) is 42.5 Å². The predicted octanol–water partition coefficient (Wildman–Crippen LogP) is 2.99. The van der Waals surface area contributed by atoms with Crippen molar-refractivity contribution < 1.29 is 0 Å². The normalized spacial score (nSPS) is 16.1. The minimum absolute atomic E-state index is 0.339. The highest BCUT2D eigenvalue weighted by molar-refractivity contribution is 7.80. The number of benzene rings is 1. The Morgan fingerprint density at radius 2 is 2.18 bits per heavy atom. The number of thiocarbonyl (C=S) groups is 1. The number of hydrogen-bond donors (Lipinski definition) is 4. The van der Waals surface area contributed by atoms with E-state index in [9.17, 15) is 0 Å². The summed E-state index contributed by atoms with van der Waals surface area (Å²) >= 11 is 7.00. The van der Waals surface area contributed by atoms with Gasteiger partial charge >= 0.3 is 0 Å². The molecule has 1 unspecified atom stereocenters. The van der Waals surface area contributed by atoms with E-state index in [1.807, 2.05) is 11.6 Å². The van der Waals surface area contributed by atoms with Gasteiger partial charge in [0.25, 0.3) is 0 Å². The molecule has 176 valence electrons. The van der Waals surface area contributed by atoms with Crippen LogP contribution in [-0.4, -0.2) is 61.8 Å². The summed E-state index contributed by atoms with van der Waals surface area (Å²) in [5.41, 5.74) is 12.3. The SMILES string of the molecule is Nc1ccncc1NC(=S)NCCN1CCC(Nc2nc3ccccc3n2Cc2cscn2)C1. The second-order valence-corrected chi connectivity index (χ2v) is 9.39. The summed E-state index contributed by atoms with van der Waals surface area (Å²) in [6, 6.07) is 10.3. The van der Waals surface area contributed by atoms with E-state index in [1.54, 1.807) is 29.8 Å². The minimum atomic E-state index is 0.339. The van der Waals surface area contributed by atoms with E-state index in [0.717, 1.165) is 55.3 Å². The van der Waals surface area contributed by atoms with Crippen LogP contribution in [0.4, 0.5) is 17.3 Å². The van der Waals surface area contributed by atoms with Gasteiger partial charge in [-0.15, -0.1) is 11.3 Å². The van der Waals surface area contributed by atoms with Crippen molar-refractivity contribution in [2.24, 2.45) is 0 Å². The zero-order valence-corrected chi connectivity index (χ0v) is 20.3. The summed E-state index contributed by atoms with van der Waals surface area (Å²) in [6.07, 6.45) is 4.39. The zero-order chi connectivity index (χ0) is 23.3. The lowest BCUT2D eigenvalue weighted by molar-refractivity contribution is 0.341. The maximum atomic E-state index is 5.93. The number of anilines is 3. The number of thiazole rings is 1. The van der Waals surface area contributed by atoms with Crippen LogP contribution in [0.25, 0.3) is 11.0 Å². The number of aromatic nitrogens is 4. The molecule has 1 aliphatic rings. The van der Waals surface area contributed by atoms with Crippen molar-refractivity contribution in [3.63, 3.8) is 0 Å². The fourth-order valence-electron chi connectivity index (χ4n) is 4.16. The van der Waals surface area contributed by atoms with Crippen molar-refractivity contribution in [2.45, 2.75) is 19.0 Å². The monoisotopic (exact) mass is 493 g/mol. The fraction of sp³-hybridized carbons (Fsp3) is 0.304. The van der Waals surface area contributed by atoms with Crippen LogP contribution in [0.5, 0.6) is 0 Å². The lowest BCUT2D eigenvalue weighted by Crippen LogP contribution is -2.37. The van der Waals surface area contributed by atoms with Crippen LogP contribution in [0.15, 0.2) is 53.6 Å².